The Morgan fingerprint density at radius 1 is 1.23 bits per heavy atom. The smallest absolute Gasteiger partial charge is 0.412 e. The van der Waals surface area contributed by atoms with E-state index in [4.69, 9.17) is 4.79 Å². The van der Waals surface area contributed by atoms with Crippen molar-refractivity contribution in [2.75, 3.05) is 24.3 Å². The molecule has 0 saturated carbocycles. The summed E-state index contributed by atoms with van der Waals surface area (Å²) in [6.45, 7) is 5.05. The van der Waals surface area contributed by atoms with E-state index in [-0.39, 0.29) is 18.5 Å². The molecule has 2 heterocycles. The van der Waals surface area contributed by atoms with E-state index in [1.165, 1.54) is 27.0 Å². The van der Waals surface area contributed by atoms with Crippen LogP contribution in [0.2, 0.25) is 0 Å². The van der Waals surface area contributed by atoms with Gasteiger partial charge in [0.2, 0.25) is 6.41 Å². The van der Waals surface area contributed by atoms with Gasteiger partial charge in [-0.1, -0.05) is 0 Å². The molecule has 2 aromatic heterocycles. The monoisotopic (exact) mass is 486 g/mol. The number of halogens is 2. The topological polar surface area (TPSA) is 132 Å². The second-order valence-electron chi connectivity index (χ2n) is 8.05. The summed E-state index contributed by atoms with van der Waals surface area (Å²) in [6.07, 6.45) is 3.01. The molecule has 4 N–H and O–H groups in total. The van der Waals surface area contributed by atoms with E-state index in [1.54, 1.807) is 37.5 Å². The molecule has 9 nitrogen and oxygen atoms in total. The zero-order valence-electron chi connectivity index (χ0n) is 19.9. The summed E-state index contributed by atoms with van der Waals surface area (Å²) >= 11 is 0. The number of pyridine rings is 1. The molecule has 2 amide bonds. The van der Waals surface area contributed by atoms with Gasteiger partial charge in [0, 0.05) is 23.9 Å². The first kappa shape index (κ1) is 27.1. The van der Waals surface area contributed by atoms with Gasteiger partial charge in [-0.25, -0.2) is 18.6 Å². The van der Waals surface area contributed by atoms with Gasteiger partial charge in [-0.2, -0.15) is 10.2 Å². The van der Waals surface area contributed by atoms with Gasteiger partial charge in [-0.15, -0.1) is 0 Å². The normalized spacial score (nSPS) is 10.6. The molecule has 0 aliphatic rings. The Hall–Kier alpha value is -4.15. The van der Waals surface area contributed by atoms with Gasteiger partial charge in [-0.3, -0.25) is 10.1 Å². The Labute approximate surface area is 202 Å². The molecule has 11 heteroatoms. The molecular weight excluding hydrogens is 458 g/mol. The lowest BCUT2D eigenvalue weighted by Gasteiger charge is -2.16. The standard InChI is InChI=1S/C23H25F2N5O2.CH3NO/c1-14-9-18(24)20(26-8-6-23(2,3)25)12-17(14)19-10-16(13-28-30-19)15-5-7-27-21(11-15)29-22(31)32-4;2-1-3/h5,7,9-13,26H,6,8H2,1-4H3,(H,27,29,31);1H,(H2,2,3). The molecule has 0 fully saturated rings. The van der Waals surface area contributed by atoms with Crippen LogP contribution in [0.4, 0.5) is 25.1 Å². The van der Waals surface area contributed by atoms with Crippen molar-refractivity contribution in [1.82, 2.24) is 15.2 Å². The molecule has 0 radical (unpaired) electrons. The van der Waals surface area contributed by atoms with Gasteiger partial charge in [0.1, 0.15) is 17.3 Å². The van der Waals surface area contributed by atoms with Gasteiger partial charge >= 0.3 is 6.09 Å². The van der Waals surface area contributed by atoms with Crippen molar-refractivity contribution in [3.8, 4) is 22.4 Å². The molecule has 35 heavy (non-hydrogen) atoms. The minimum atomic E-state index is -1.34. The summed E-state index contributed by atoms with van der Waals surface area (Å²) in [7, 11) is 1.27. The fourth-order valence-electron chi connectivity index (χ4n) is 3.07. The number of amides is 2. The molecule has 3 rings (SSSR count). The number of ether oxygens (including phenoxy) is 1. The maximum Gasteiger partial charge on any atom is 0.412 e. The van der Waals surface area contributed by atoms with Crippen LogP contribution in [0.1, 0.15) is 25.8 Å². The number of methoxy groups -OCH3 is 1. The largest absolute Gasteiger partial charge is 0.453 e. The zero-order chi connectivity index (χ0) is 26.0. The molecule has 1 aromatic carbocycles. The molecule has 3 aromatic rings. The number of carbonyl (C=O) groups is 2. The number of rotatable bonds is 7. The highest BCUT2D eigenvalue weighted by Gasteiger charge is 2.16. The molecule has 186 valence electrons. The van der Waals surface area contributed by atoms with Crippen LogP contribution >= 0.6 is 0 Å². The lowest BCUT2D eigenvalue weighted by atomic mass is 10.0. The zero-order valence-corrected chi connectivity index (χ0v) is 19.9. The Bertz CT molecular complexity index is 1170. The molecule has 0 atom stereocenters. The number of hydrogen-bond acceptors (Lipinski definition) is 7. The second kappa shape index (κ2) is 12.4. The van der Waals surface area contributed by atoms with Gasteiger partial charge in [-0.05, 0) is 68.7 Å². The number of nitrogens with two attached hydrogens (primary N) is 1. The van der Waals surface area contributed by atoms with Crippen molar-refractivity contribution < 1.29 is 23.1 Å². The number of nitrogens with one attached hydrogen (secondary N) is 2. The number of alkyl halides is 1. The lowest BCUT2D eigenvalue weighted by Crippen LogP contribution is -2.18. The fourth-order valence-corrected chi connectivity index (χ4v) is 3.07. The summed E-state index contributed by atoms with van der Waals surface area (Å²) in [4.78, 5) is 24.1. The van der Waals surface area contributed by atoms with Crippen molar-refractivity contribution in [2.24, 2.45) is 5.73 Å². The molecule has 0 bridgehead atoms. The first-order valence-electron chi connectivity index (χ1n) is 10.6. The van der Waals surface area contributed by atoms with Crippen LogP contribution in [0, 0.1) is 12.7 Å². The second-order valence-corrected chi connectivity index (χ2v) is 8.05. The minimum absolute atomic E-state index is 0.245. The van der Waals surface area contributed by atoms with Gasteiger partial charge < -0.3 is 15.8 Å². The first-order chi connectivity index (χ1) is 16.6. The predicted octanol–water partition coefficient (Wildman–Crippen LogP) is 4.48. The Kier molecular flexibility index (Phi) is 9.56. The average molecular weight is 487 g/mol. The SMILES string of the molecule is COC(=O)Nc1cc(-c2cnnc(-c3cc(NCCC(C)(C)F)c(F)cc3C)c2)ccn1.NC=O. The van der Waals surface area contributed by atoms with Crippen LogP contribution in [0.3, 0.4) is 0 Å². The molecule has 0 spiro atoms. The third-order valence-electron chi connectivity index (χ3n) is 4.79. The Morgan fingerprint density at radius 2 is 1.94 bits per heavy atom. The number of aromatic nitrogens is 3. The summed E-state index contributed by atoms with van der Waals surface area (Å²) in [5, 5.41) is 13.8. The predicted molar refractivity (Wildman–Crippen MR) is 130 cm³/mol. The van der Waals surface area contributed by atoms with Crippen molar-refractivity contribution in [1.29, 1.82) is 0 Å². The number of aryl methyl sites for hydroxylation is 1. The van der Waals surface area contributed by atoms with Crippen LogP contribution in [0.25, 0.3) is 22.4 Å². The number of hydrogen-bond donors (Lipinski definition) is 3. The maximum atomic E-state index is 14.4. The van der Waals surface area contributed by atoms with Crippen molar-refractivity contribution in [2.45, 2.75) is 32.9 Å². The summed E-state index contributed by atoms with van der Waals surface area (Å²) in [5.41, 5.74) is 6.53. The molecule has 0 saturated heterocycles. The van der Waals surface area contributed by atoms with Crippen molar-refractivity contribution in [3.05, 3.63) is 54.1 Å². The fraction of sp³-hybridized carbons (Fsp3) is 0.292. The van der Waals surface area contributed by atoms with E-state index in [0.29, 0.717) is 29.2 Å². The minimum Gasteiger partial charge on any atom is -0.453 e. The van der Waals surface area contributed by atoms with E-state index in [1.807, 2.05) is 6.07 Å². The highest BCUT2D eigenvalue weighted by molar-refractivity contribution is 5.84. The van der Waals surface area contributed by atoms with Gasteiger partial charge in [0.25, 0.3) is 0 Å². The third-order valence-corrected chi connectivity index (χ3v) is 4.79. The van der Waals surface area contributed by atoms with E-state index < -0.39 is 17.6 Å². The average Bonchev–Trinajstić information content (AvgIpc) is 2.80. The summed E-state index contributed by atoms with van der Waals surface area (Å²) in [6, 6.07) is 8.34. The van der Waals surface area contributed by atoms with Gasteiger partial charge in [0.05, 0.1) is 24.7 Å². The Morgan fingerprint density at radius 3 is 2.60 bits per heavy atom. The number of nitrogens with zero attached hydrogens (tertiary/aromatic N) is 3. The lowest BCUT2D eigenvalue weighted by molar-refractivity contribution is -0.106. The molecule has 0 aliphatic heterocycles. The van der Waals surface area contributed by atoms with Gasteiger partial charge in [0.15, 0.2) is 0 Å². The van der Waals surface area contributed by atoms with Crippen LogP contribution in [-0.4, -0.2) is 47.0 Å². The van der Waals surface area contributed by atoms with E-state index in [9.17, 15) is 13.6 Å². The van der Waals surface area contributed by atoms with E-state index in [2.05, 4.69) is 36.3 Å². The van der Waals surface area contributed by atoms with Crippen molar-refractivity contribution in [3.63, 3.8) is 0 Å². The van der Waals surface area contributed by atoms with Crippen molar-refractivity contribution >= 4 is 24.0 Å². The quantitative estimate of drug-likeness (QED) is 0.419. The van der Waals surface area contributed by atoms with Crippen LogP contribution in [0.5, 0.6) is 0 Å². The summed E-state index contributed by atoms with van der Waals surface area (Å²) < 4.78 is 32.8. The number of primary amides is 1. The third kappa shape index (κ3) is 8.29. The highest BCUT2D eigenvalue weighted by atomic mass is 19.1. The Balaban J connectivity index is 0.00000137. The maximum absolute atomic E-state index is 14.4. The number of carbonyl (C=O) groups excluding carboxylic acids is 2. The molecule has 0 unspecified atom stereocenters. The number of benzene rings is 1. The van der Waals surface area contributed by atoms with E-state index >= 15 is 0 Å². The van der Waals surface area contributed by atoms with E-state index in [0.717, 1.165) is 11.1 Å². The summed E-state index contributed by atoms with van der Waals surface area (Å²) in [5.74, 6) is -0.0902. The molecule has 0 aliphatic carbocycles. The molecular formula is C24H28F2N6O3. The van der Waals surface area contributed by atoms with Crippen LogP contribution < -0.4 is 16.4 Å². The highest BCUT2D eigenvalue weighted by Crippen LogP contribution is 2.30. The first-order valence-corrected chi connectivity index (χ1v) is 10.6. The van der Waals surface area contributed by atoms with Crippen LogP contribution in [-0.2, 0) is 9.53 Å². The number of anilines is 2. The van der Waals surface area contributed by atoms with Crippen LogP contribution in [0.15, 0.2) is 42.7 Å².